The van der Waals surface area contributed by atoms with E-state index in [-0.39, 0.29) is 18.1 Å². The number of carboxylic acids is 1. The van der Waals surface area contributed by atoms with Crippen LogP contribution in [0.15, 0.2) is 6.20 Å². The average Bonchev–Trinajstić information content (AvgIpc) is 2.33. The van der Waals surface area contributed by atoms with Gasteiger partial charge in [0.1, 0.15) is 18.1 Å². The highest BCUT2D eigenvalue weighted by Gasteiger charge is 2.05. The summed E-state index contributed by atoms with van der Waals surface area (Å²) in [6.07, 6.45) is 1.07. The topological polar surface area (TPSA) is 121 Å². The summed E-state index contributed by atoms with van der Waals surface area (Å²) in [5.74, 6) is -0.458. The zero-order valence-corrected chi connectivity index (χ0v) is 6.57. The van der Waals surface area contributed by atoms with Gasteiger partial charge in [0.05, 0.1) is 6.20 Å². The molecule has 0 bridgehead atoms. The number of aromatic amines is 1. The predicted molar refractivity (Wildman–Crippen MR) is 43.1 cm³/mol. The Morgan fingerprint density at radius 1 is 1.69 bits per heavy atom. The summed E-state index contributed by atoms with van der Waals surface area (Å²) in [6, 6.07) is -0.731. The highest BCUT2D eigenvalue weighted by molar-refractivity contribution is 5.86. The van der Waals surface area contributed by atoms with Gasteiger partial charge in [0.15, 0.2) is 0 Å². The number of anilines is 1. The summed E-state index contributed by atoms with van der Waals surface area (Å²) >= 11 is 0. The molecule has 0 saturated heterocycles. The van der Waals surface area contributed by atoms with Crippen LogP contribution in [0.4, 0.5) is 10.6 Å². The molecule has 0 radical (unpaired) electrons. The van der Waals surface area contributed by atoms with Gasteiger partial charge in [0.2, 0.25) is 0 Å². The zero-order chi connectivity index (χ0) is 9.84. The van der Waals surface area contributed by atoms with Gasteiger partial charge in [-0.25, -0.2) is 9.78 Å². The fourth-order valence-corrected chi connectivity index (χ4v) is 0.792. The van der Waals surface area contributed by atoms with Crippen LogP contribution in [-0.4, -0.2) is 27.1 Å². The smallest absolute Gasteiger partial charge is 0.317 e. The van der Waals surface area contributed by atoms with Crippen LogP contribution in [0.2, 0.25) is 0 Å². The van der Waals surface area contributed by atoms with Crippen molar-refractivity contribution in [1.29, 1.82) is 0 Å². The molecule has 70 valence electrons. The number of amides is 2. The number of carboxylic acid groups (broad SMARTS) is 1. The molecule has 0 unspecified atom stereocenters. The van der Waals surface area contributed by atoms with Crippen molar-refractivity contribution in [2.75, 3.05) is 5.32 Å². The number of aliphatic carboxylic acids is 1. The number of hydrogen-bond donors (Lipinski definition) is 4. The van der Waals surface area contributed by atoms with E-state index in [0.29, 0.717) is 0 Å². The van der Waals surface area contributed by atoms with Crippen molar-refractivity contribution in [3.63, 3.8) is 0 Å². The van der Waals surface area contributed by atoms with E-state index in [4.69, 9.17) is 10.8 Å². The van der Waals surface area contributed by atoms with E-state index in [1.165, 1.54) is 6.20 Å². The number of aromatic nitrogens is 2. The number of primary amides is 1. The summed E-state index contributed by atoms with van der Waals surface area (Å²) in [7, 11) is 0. The number of hydrogen-bond acceptors (Lipinski definition) is 3. The van der Waals surface area contributed by atoms with E-state index >= 15 is 0 Å². The lowest BCUT2D eigenvalue weighted by atomic mass is 10.4. The van der Waals surface area contributed by atoms with Crippen LogP contribution in [-0.2, 0) is 11.2 Å². The number of nitrogens with zero attached hydrogens (tertiary/aromatic N) is 1. The molecule has 1 heterocycles. The quantitative estimate of drug-likeness (QED) is 0.507. The van der Waals surface area contributed by atoms with Crippen molar-refractivity contribution in [3.8, 4) is 0 Å². The number of nitrogens with two attached hydrogens (primary N) is 1. The van der Waals surface area contributed by atoms with E-state index in [1.807, 2.05) is 0 Å². The Hall–Kier alpha value is -2.05. The van der Waals surface area contributed by atoms with Crippen molar-refractivity contribution in [2.24, 2.45) is 5.73 Å². The molecule has 13 heavy (non-hydrogen) atoms. The van der Waals surface area contributed by atoms with Crippen LogP contribution in [0.3, 0.4) is 0 Å². The lowest BCUT2D eigenvalue weighted by Crippen LogP contribution is -2.19. The Kier molecular flexibility index (Phi) is 2.48. The van der Waals surface area contributed by atoms with Crippen LogP contribution in [0.25, 0.3) is 0 Å². The fraction of sp³-hybridized carbons (Fsp3) is 0.167. The maximum absolute atomic E-state index is 10.3. The molecule has 0 aliphatic carbocycles. The lowest BCUT2D eigenvalue weighted by molar-refractivity contribution is -0.136. The number of urea groups is 1. The third-order valence-electron chi connectivity index (χ3n) is 1.20. The summed E-state index contributed by atoms with van der Waals surface area (Å²) in [5, 5.41) is 10.6. The Bertz CT molecular complexity index is 302. The molecule has 0 saturated carbocycles. The molecule has 1 rings (SSSR count). The summed E-state index contributed by atoms with van der Waals surface area (Å²) in [5.41, 5.74) is 4.82. The van der Waals surface area contributed by atoms with E-state index in [2.05, 4.69) is 15.3 Å². The predicted octanol–water partition coefficient (Wildman–Crippen LogP) is -0.473. The van der Waals surface area contributed by atoms with Crippen molar-refractivity contribution in [3.05, 3.63) is 12.0 Å². The monoisotopic (exact) mass is 184 g/mol. The minimum atomic E-state index is -1.00. The number of rotatable bonds is 3. The third kappa shape index (κ3) is 2.81. The number of nitrogens with one attached hydrogen (secondary N) is 2. The van der Waals surface area contributed by atoms with Gasteiger partial charge in [-0.05, 0) is 0 Å². The van der Waals surface area contributed by atoms with Gasteiger partial charge in [0, 0.05) is 0 Å². The Labute approximate surface area is 73.0 Å². The van der Waals surface area contributed by atoms with Crippen molar-refractivity contribution in [1.82, 2.24) is 9.97 Å². The Morgan fingerprint density at radius 3 is 2.92 bits per heavy atom. The van der Waals surface area contributed by atoms with E-state index in [9.17, 15) is 9.59 Å². The Morgan fingerprint density at radius 2 is 2.38 bits per heavy atom. The fourth-order valence-electron chi connectivity index (χ4n) is 0.792. The van der Waals surface area contributed by atoms with Gasteiger partial charge in [0.25, 0.3) is 0 Å². The van der Waals surface area contributed by atoms with Gasteiger partial charge in [-0.3, -0.25) is 10.1 Å². The molecule has 5 N–H and O–H groups in total. The van der Waals surface area contributed by atoms with Crippen molar-refractivity contribution in [2.45, 2.75) is 6.42 Å². The molecule has 0 fully saturated rings. The standard InChI is InChI=1S/C6H8N4O3/c7-6(13)10-4-2-8-3(9-4)1-5(11)12/h2H,1H2,(H,8,9)(H,11,12)(H3,7,10,13). The largest absolute Gasteiger partial charge is 0.481 e. The molecule has 1 aromatic rings. The molecule has 0 spiro atoms. The molecule has 0 aliphatic rings. The van der Waals surface area contributed by atoms with Gasteiger partial charge >= 0.3 is 12.0 Å². The minimum absolute atomic E-state index is 0.222. The summed E-state index contributed by atoms with van der Waals surface area (Å²) in [4.78, 5) is 26.8. The van der Waals surface area contributed by atoms with Crippen LogP contribution in [0.1, 0.15) is 5.82 Å². The molecule has 7 nitrogen and oxygen atoms in total. The SMILES string of the molecule is NC(=O)Nc1cnc(CC(=O)O)[nH]1. The highest BCUT2D eigenvalue weighted by Crippen LogP contribution is 2.02. The van der Waals surface area contributed by atoms with Gasteiger partial charge in [-0.2, -0.15) is 0 Å². The molecule has 2 amide bonds. The molecular weight excluding hydrogens is 176 g/mol. The number of carbonyl (C=O) groups excluding carboxylic acids is 1. The second-order valence-electron chi connectivity index (χ2n) is 2.30. The second-order valence-corrected chi connectivity index (χ2v) is 2.30. The second kappa shape index (κ2) is 3.57. The molecule has 0 atom stereocenters. The zero-order valence-electron chi connectivity index (χ0n) is 6.57. The summed E-state index contributed by atoms with van der Waals surface area (Å²) < 4.78 is 0. The van der Waals surface area contributed by atoms with Crippen LogP contribution < -0.4 is 11.1 Å². The maximum Gasteiger partial charge on any atom is 0.317 e. The molecular formula is C6H8N4O3. The van der Waals surface area contributed by atoms with E-state index in [0.717, 1.165) is 0 Å². The number of imidazole rings is 1. The van der Waals surface area contributed by atoms with Crippen LogP contribution >= 0.6 is 0 Å². The highest BCUT2D eigenvalue weighted by atomic mass is 16.4. The van der Waals surface area contributed by atoms with Crippen LogP contribution in [0, 0.1) is 0 Å². The number of H-pyrrole nitrogens is 1. The molecule has 0 aliphatic heterocycles. The van der Waals surface area contributed by atoms with Gasteiger partial charge in [-0.15, -0.1) is 0 Å². The van der Waals surface area contributed by atoms with Crippen LogP contribution in [0.5, 0.6) is 0 Å². The molecule has 7 heteroatoms. The van der Waals surface area contributed by atoms with Crippen molar-refractivity contribution < 1.29 is 14.7 Å². The first-order valence-electron chi connectivity index (χ1n) is 3.40. The number of carbonyl (C=O) groups is 2. The van der Waals surface area contributed by atoms with Crippen molar-refractivity contribution >= 4 is 17.8 Å². The molecule has 0 aromatic carbocycles. The first-order valence-corrected chi connectivity index (χ1v) is 3.40. The lowest BCUT2D eigenvalue weighted by Gasteiger charge is -1.94. The normalized spacial score (nSPS) is 9.54. The maximum atomic E-state index is 10.3. The first-order chi connectivity index (χ1) is 6.08. The summed E-state index contributed by atoms with van der Waals surface area (Å²) in [6.45, 7) is 0. The molecule has 1 aromatic heterocycles. The van der Waals surface area contributed by atoms with Gasteiger partial charge < -0.3 is 15.8 Å². The minimum Gasteiger partial charge on any atom is -0.481 e. The average molecular weight is 184 g/mol. The van der Waals surface area contributed by atoms with E-state index < -0.39 is 12.0 Å². The van der Waals surface area contributed by atoms with E-state index in [1.54, 1.807) is 0 Å². The van der Waals surface area contributed by atoms with Gasteiger partial charge in [-0.1, -0.05) is 0 Å². The first kappa shape index (κ1) is 9.04. The third-order valence-corrected chi connectivity index (χ3v) is 1.20. The Balaban J connectivity index is 2.63.